The van der Waals surface area contributed by atoms with Crippen molar-refractivity contribution < 1.29 is 30.3 Å². The van der Waals surface area contributed by atoms with Crippen LogP contribution in [0.25, 0.3) is 0 Å². The van der Waals surface area contributed by atoms with Gasteiger partial charge >= 0.3 is 0 Å². The van der Waals surface area contributed by atoms with Crippen LogP contribution in [0, 0.1) is 35.5 Å². The van der Waals surface area contributed by atoms with Gasteiger partial charge < -0.3 is 41.0 Å². The molecule has 3 aromatic rings. The summed E-state index contributed by atoms with van der Waals surface area (Å²) in [6, 6.07) is 9.70. The van der Waals surface area contributed by atoms with Crippen LogP contribution in [0.2, 0.25) is 0 Å². The van der Waals surface area contributed by atoms with Crippen LogP contribution in [0.1, 0.15) is 98.1 Å². The number of aliphatic hydroxyl groups is 4. The third-order valence-corrected chi connectivity index (χ3v) is 14.7. The Balaban J connectivity index is 1.25. The number of phenolic OH excluding ortho intramolecular Hbond substituents is 1. The normalized spacial score (nSPS) is 31.8. The Labute approximate surface area is 327 Å². The lowest BCUT2D eigenvalue weighted by Crippen LogP contribution is -2.41. The summed E-state index contributed by atoms with van der Waals surface area (Å²) in [6.45, 7) is 1.96. The third-order valence-electron chi connectivity index (χ3n) is 12.3. The third kappa shape index (κ3) is 8.64. The molecule has 3 aliphatic carbocycles. The number of ether oxygens (including phenoxy) is 1. The molecule has 11 heteroatoms. The number of aliphatic hydroxyl groups excluding tert-OH is 4. The summed E-state index contributed by atoms with van der Waals surface area (Å²) >= 11 is 0. The molecule has 54 heavy (non-hydrogen) atoms. The van der Waals surface area contributed by atoms with E-state index in [-0.39, 0.29) is 41.8 Å². The first-order chi connectivity index (χ1) is 26.2. The number of benzene rings is 1. The van der Waals surface area contributed by atoms with Gasteiger partial charge in [-0.05, 0) is 104 Å². The minimum absolute atomic E-state index is 0.00171. The molecule has 0 amide bonds. The second-order valence-electron chi connectivity index (χ2n) is 15.7. The van der Waals surface area contributed by atoms with Gasteiger partial charge in [-0.25, -0.2) is 4.98 Å². The summed E-state index contributed by atoms with van der Waals surface area (Å²) < 4.78 is 6.77. The molecule has 2 aromatic heterocycles. The quantitative estimate of drug-likeness (QED) is 0.0821. The zero-order valence-corrected chi connectivity index (χ0v) is 32.7. The van der Waals surface area contributed by atoms with E-state index in [4.69, 9.17) is 10.5 Å². The number of nitrogens with zero attached hydrogens (tertiary/aromatic N) is 1. The van der Waals surface area contributed by atoms with Crippen molar-refractivity contribution in [3.05, 3.63) is 82.3 Å². The van der Waals surface area contributed by atoms with E-state index in [2.05, 4.69) is 34.8 Å². The predicted molar refractivity (Wildman–Crippen MR) is 216 cm³/mol. The first kappa shape index (κ1) is 39.1. The molecule has 7 rings (SSSR count). The molecule has 0 unspecified atom stereocenters. The Morgan fingerprint density at radius 1 is 1.02 bits per heavy atom. The van der Waals surface area contributed by atoms with E-state index < -0.39 is 30.3 Å². The average Bonchev–Trinajstić information content (AvgIpc) is 3.62. The summed E-state index contributed by atoms with van der Waals surface area (Å²) in [5.41, 5.74) is 12.7. The van der Waals surface area contributed by atoms with Crippen LogP contribution in [0.3, 0.4) is 0 Å². The van der Waals surface area contributed by atoms with Crippen molar-refractivity contribution >= 4 is 27.4 Å². The highest BCUT2D eigenvalue weighted by Gasteiger charge is 2.41. The fraction of sp³-hybridized carbons (Fsp3) is 0.558. The molecule has 0 saturated heterocycles. The summed E-state index contributed by atoms with van der Waals surface area (Å²) in [5, 5.41) is 57.3. The summed E-state index contributed by atoms with van der Waals surface area (Å²) in [4.78, 5) is 7.74. The van der Waals surface area contributed by atoms with Crippen LogP contribution in [-0.2, 0) is 18.6 Å². The van der Waals surface area contributed by atoms with E-state index in [0.29, 0.717) is 48.9 Å². The standard InChI is InChI=1S/C43H55N3O6S2/c1-2-25-6-3-4-8-36(48)41-28(10-9-25)16-26-11-12-27-18-37(49)39(21-34(27)33(26)20-38(41)50)52-40-19-29(17-31-7-5-14-45-31)32-13-15-46-43(44)35(32)24-54-53-23-30(22-47)42(40)51/h5,7,13-16,18,21,25,28-30,33,36,38,40-42,45,47-51H,2-4,6,8,11-12,17,19-20,22-24H2,1H3,(H2,44,46)/t25-,28+,29+,30+,33-,36+,38-,40-,41-,42-/m1/s1. The maximum absolute atomic E-state index is 12.0. The lowest BCUT2D eigenvalue weighted by molar-refractivity contribution is -0.0195. The Hall–Kier alpha value is -3.11. The average molecular weight is 774 g/mol. The number of H-pyrrole nitrogens is 1. The molecule has 0 radical (unpaired) electrons. The molecule has 10 atom stereocenters. The van der Waals surface area contributed by atoms with Crippen molar-refractivity contribution in [2.24, 2.45) is 23.7 Å². The van der Waals surface area contributed by atoms with Crippen molar-refractivity contribution in [2.45, 2.75) is 113 Å². The van der Waals surface area contributed by atoms with Gasteiger partial charge in [0.25, 0.3) is 0 Å². The monoisotopic (exact) mass is 773 g/mol. The van der Waals surface area contributed by atoms with Crippen molar-refractivity contribution in [2.75, 3.05) is 18.1 Å². The Kier molecular flexibility index (Phi) is 12.9. The molecular formula is C43H55N3O6S2. The van der Waals surface area contributed by atoms with Crippen molar-refractivity contribution in [1.82, 2.24) is 9.97 Å². The maximum Gasteiger partial charge on any atom is 0.161 e. The van der Waals surface area contributed by atoms with Crippen LogP contribution in [0.4, 0.5) is 5.82 Å². The second kappa shape index (κ2) is 17.8. The number of fused-ring (bicyclic) bond motifs is 5. The van der Waals surface area contributed by atoms with E-state index in [0.717, 1.165) is 66.5 Å². The number of pyridine rings is 1. The zero-order chi connectivity index (χ0) is 37.8. The van der Waals surface area contributed by atoms with Gasteiger partial charge in [-0.1, -0.05) is 64.8 Å². The first-order valence-corrected chi connectivity index (χ1v) is 22.2. The number of hydrogen-bond acceptors (Lipinski definition) is 10. The van der Waals surface area contributed by atoms with Gasteiger partial charge in [0.05, 0.1) is 18.3 Å². The largest absolute Gasteiger partial charge is 0.504 e. The number of aromatic hydroxyl groups is 1. The van der Waals surface area contributed by atoms with Crippen molar-refractivity contribution in [3.8, 4) is 23.3 Å². The van der Waals surface area contributed by atoms with E-state index >= 15 is 0 Å². The molecule has 3 heterocycles. The van der Waals surface area contributed by atoms with Gasteiger partial charge in [-0.2, -0.15) is 0 Å². The minimum Gasteiger partial charge on any atom is -0.504 e. The number of aromatic nitrogens is 2. The van der Waals surface area contributed by atoms with E-state index in [1.54, 1.807) is 33.9 Å². The summed E-state index contributed by atoms with van der Waals surface area (Å²) in [7, 11) is 3.21. The Morgan fingerprint density at radius 3 is 2.67 bits per heavy atom. The van der Waals surface area contributed by atoms with Crippen LogP contribution < -0.4 is 10.5 Å². The van der Waals surface area contributed by atoms with E-state index in [9.17, 15) is 25.5 Å². The van der Waals surface area contributed by atoms with Crippen molar-refractivity contribution in [1.29, 1.82) is 0 Å². The van der Waals surface area contributed by atoms with Crippen LogP contribution in [-0.4, -0.2) is 72.3 Å². The number of nitrogens with one attached hydrogen (secondary N) is 1. The number of aryl methyl sites for hydroxylation is 1. The lowest BCUT2D eigenvalue weighted by atomic mass is 9.76. The van der Waals surface area contributed by atoms with Gasteiger partial charge in [0.1, 0.15) is 11.9 Å². The van der Waals surface area contributed by atoms with Crippen LogP contribution in [0.15, 0.2) is 54.4 Å². The molecule has 0 spiro atoms. The highest BCUT2D eigenvalue weighted by atomic mass is 33.1. The van der Waals surface area contributed by atoms with Gasteiger partial charge in [-0.3, -0.25) is 0 Å². The predicted octanol–water partition coefficient (Wildman–Crippen LogP) is 6.64. The SMILES string of the molecule is CC[C@H]1C#C[C@H]2C=C3CCc4cc(O)c(O[C@@H]5C[C@H](Cc6ccc[nH]6)c6ccnc(N)c6CSSC[C@H](CO)[C@H]5O)cc4[C@@H]3C[C@@H](O)[C@H]2[C@@H](O)CCCC1. The van der Waals surface area contributed by atoms with Crippen molar-refractivity contribution in [3.63, 3.8) is 0 Å². The fourth-order valence-corrected chi connectivity index (χ4v) is 11.7. The van der Waals surface area contributed by atoms with Gasteiger partial charge in [0, 0.05) is 71.4 Å². The molecule has 4 aliphatic rings. The topological polar surface area (TPSA) is 165 Å². The van der Waals surface area contributed by atoms with Gasteiger partial charge in [0.15, 0.2) is 11.5 Å². The van der Waals surface area contributed by atoms with Gasteiger partial charge in [-0.15, -0.1) is 0 Å². The lowest BCUT2D eigenvalue weighted by Gasteiger charge is -2.34. The molecular weight excluding hydrogens is 719 g/mol. The number of anilines is 1. The minimum atomic E-state index is -1.03. The number of allylic oxidation sites excluding steroid dienone is 2. The van der Waals surface area contributed by atoms with E-state index in [1.807, 2.05) is 30.5 Å². The first-order valence-electron chi connectivity index (χ1n) is 19.7. The zero-order valence-electron chi connectivity index (χ0n) is 31.1. The fourth-order valence-electron chi connectivity index (χ4n) is 9.18. The highest BCUT2D eigenvalue weighted by Crippen LogP contribution is 2.48. The molecule has 0 fully saturated rings. The smallest absolute Gasteiger partial charge is 0.161 e. The maximum atomic E-state index is 12.0. The number of hydrogen-bond donors (Lipinski definition) is 7. The molecule has 1 aliphatic heterocycles. The molecule has 0 saturated carbocycles. The number of nitrogens with two attached hydrogens (primary N) is 1. The summed E-state index contributed by atoms with van der Waals surface area (Å²) in [5.74, 6) is 7.91. The Bertz CT molecular complexity index is 1820. The van der Waals surface area contributed by atoms with Crippen LogP contribution in [0.5, 0.6) is 11.5 Å². The number of phenols is 1. The molecule has 9 nitrogen and oxygen atoms in total. The van der Waals surface area contributed by atoms with Gasteiger partial charge in [0.2, 0.25) is 0 Å². The van der Waals surface area contributed by atoms with E-state index in [1.165, 1.54) is 5.57 Å². The number of nitrogen functional groups attached to an aromatic ring is 1. The Morgan fingerprint density at radius 2 is 1.87 bits per heavy atom. The molecule has 8 N–H and O–H groups in total. The second-order valence-corrected chi connectivity index (χ2v) is 18.2. The highest BCUT2D eigenvalue weighted by molar-refractivity contribution is 8.76. The molecule has 0 bridgehead atoms. The summed E-state index contributed by atoms with van der Waals surface area (Å²) in [6.07, 6.45) is 10.2. The molecule has 1 aromatic carbocycles. The van der Waals surface area contributed by atoms with Crippen LogP contribution >= 0.6 is 21.6 Å². The number of rotatable bonds is 6. The molecule has 290 valence electrons. The number of aromatic amines is 1.